The molecule has 1 heterocycles. The number of hydrogen-bond acceptors (Lipinski definition) is 6. The molecule has 0 saturated carbocycles. The average molecular weight is 507 g/mol. The number of rotatable bonds is 8. The first-order valence-electron chi connectivity index (χ1n) is 12.6. The molecule has 0 aliphatic carbocycles. The first-order valence-corrected chi connectivity index (χ1v) is 12.6. The molecule has 9 nitrogen and oxygen atoms in total. The summed E-state index contributed by atoms with van der Waals surface area (Å²) in [6.45, 7) is 18.7. The molecule has 3 amide bonds. The summed E-state index contributed by atoms with van der Waals surface area (Å²) in [5.41, 5.74) is 3.25. The van der Waals surface area contributed by atoms with Crippen molar-refractivity contribution in [1.29, 1.82) is 0 Å². The van der Waals surface area contributed by atoms with Gasteiger partial charge in [0.2, 0.25) is 5.95 Å². The van der Waals surface area contributed by atoms with Crippen molar-refractivity contribution in [2.75, 3.05) is 36.1 Å². The number of aryl methyl sites for hydroxylation is 2. The Morgan fingerprint density at radius 1 is 1.06 bits per heavy atom. The highest BCUT2D eigenvalue weighted by molar-refractivity contribution is 5.98. The van der Waals surface area contributed by atoms with Gasteiger partial charge in [-0.3, -0.25) is 5.32 Å². The molecule has 0 atom stereocenters. The van der Waals surface area contributed by atoms with Gasteiger partial charge in [0.25, 0.3) is 0 Å². The van der Waals surface area contributed by atoms with E-state index >= 15 is 0 Å². The van der Waals surface area contributed by atoms with Gasteiger partial charge in [0.15, 0.2) is 0 Å². The van der Waals surface area contributed by atoms with Gasteiger partial charge in [-0.2, -0.15) is 4.98 Å². The van der Waals surface area contributed by atoms with Crippen molar-refractivity contribution in [2.45, 2.75) is 80.3 Å². The van der Waals surface area contributed by atoms with Gasteiger partial charge in [-0.05, 0) is 70.2 Å². The smallest absolute Gasteiger partial charge is 0.410 e. The van der Waals surface area contributed by atoms with E-state index in [1.54, 1.807) is 11.9 Å². The van der Waals surface area contributed by atoms with Crippen molar-refractivity contribution in [3.8, 4) is 0 Å². The first kappa shape index (κ1) is 30.7. The van der Waals surface area contributed by atoms with Gasteiger partial charge < -0.3 is 20.3 Å². The topological polar surface area (TPSA) is 108 Å². The van der Waals surface area contributed by atoms with E-state index in [9.17, 15) is 9.59 Å². The maximum atomic E-state index is 12.5. The van der Waals surface area contributed by atoms with Crippen LogP contribution in [0.5, 0.6) is 0 Å². The van der Waals surface area contributed by atoms with E-state index in [4.69, 9.17) is 4.74 Å². The summed E-state index contributed by atoms with van der Waals surface area (Å²) in [6.07, 6.45) is 0.352. The maximum absolute atomic E-state index is 12.5. The van der Waals surface area contributed by atoms with E-state index in [-0.39, 0.29) is 22.2 Å². The van der Waals surface area contributed by atoms with Crippen LogP contribution in [-0.4, -0.2) is 52.7 Å². The summed E-state index contributed by atoms with van der Waals surface area (Å²) in [5, 5.41) is 8.80. The van der Waals surface area contributed by atoms with Gasteiger partial charge in [-0.25, -0.2) is 14.6 Å². The molecular formula is C27H50N6O3. The lowest BCUT2D eigenvalue weighted by molar-refractivity contribution is 0.0298. The highest BCUT2D eigenvalue weighted by Gasteiger charge is 2.19. The molecule has 2 rings (SSSR count). The van der Waals surface area contributed by atoms with Gasteiger partial charge in [0.1, 0.15) is 11.4 Å². The molecule has 0 aliphatic rings. The fourth-order valence-corrected chi connectivity index (χ4v) is 2.96. The predicted molar refractivity (Wildman–Crippen MR) is 154 cm³/mol. The van der Waals surface area contributed by atoms with Crippen LogP contribution in [0.15, 0.2) is 24.3 Å². The Bertz CT molecular complexity index is 1020. The summed E-state index contributed by atoms with van der Waals surface area (Å²) in [5.74, 6) is 0.992. The Hall–Kier alpha value is -3.36. The predicted octanol–water partition coefficient (Wildman–Crippen LogP) is 7.29. The summed E-state index contributed by atoms with van der Waals surface area (Å²) >= 11 is 0. The van der Waals surface area contributed by atoms with Gasteiger partial charge in [-0.1, -0.05) is 33.8 Å². The largest absolute Gasteiger partial charge is 0.444 e. The lowest BCUT2D eigenvalue weighted by atomic mass is 10.1. The fraction of sp³-hybridized carbons (Fsp3) is 0.556. The standard InChI is InChI=1S/C25H38N6O3.C2H6.3H2/c1-16(2)20-15-21(26-12-9-13-31(8)24(33)34-25(5,6)7)29-22(28-20)30-23(32)27-19-11-10-17(3)18(4)14-19;1-2;;;/h10-11,14-16H,9,12-13H2,1-8H3,(H3,26,27,28,29,30,32);1-2H3;3*1H. The highest BCUT2D eigenvalue weighted by Crippen LogP contribution is 2.19. The molecule has 1 aromatic heterocycles. The second-order valence-electron chi connectivity index (χ2n) is 9.72. The Morgan fingerprint density at radius 2 is 1.72 bits per heavy atom. The van der Waals surface area contributed by atoms with E-state index in [1.807, 2.05) is 86.6 Å². The lowest BCUT2D eigenvalue weighted by Gasteiger charge is -2.24. The zero-order valence-electron chi connectivity index (χ0n) is 23.6. The number of ether oxygens (including phenoxy) is 1. The second kappa shape index (κ2) is 14.3. The lowest BCUT2D eigenvalue weighted by Crippen LogP contribution is -2.35. The Kier molecular flexibility index (Phi) is 12.1. The van der Waals surface area contributed by atoms with Crippen LogP contribution in [0.25, 0.3) is 0 Å². The van der Waals surface area contributed by atoms with Gasteiger partial charge in [-0.15, -0.1) is 0 Å². The number of benzene rings is 1. The number of urea groups is 1. The first-order chi connectivity index (χ1) is 16.8. The van der Waals surface area contributed by atoms with E-state index < -0.39 is 11.6 Å². The van der Waals surface area contributed by atoms with Crippen molar-refractivity contribution in [1.82, 2.24) is 14.9 Å². The number of hydrogen-bond donors (Lipinski definition) is 3. The number of aromatic nitrogens is 2. The zero-order valence-corrected chi connectivity index (χ0v) is 23.6. The molecule has 9 heteroatoms. The maximum Gasteiger partial charge on any atom is 0.410 e. The summed E-state index contributed by atoms with van der Waals surface area (Å²) in [4.78, 5) is 35.0. The van der Waals surface area contributed by atoms with Crippen LogP contribution in [0.3, 0.4) is 0 Å². The number of carbonyl (C=O) groups is 2. The van der Waals surface area contributed by atoms with Crippen LogP contribution in [0, 0.1) is 13.8 Å². The molecule has 36 heavy (non-hydrogen) atoms. The molecule has 0 fully saturated rings. The molecule has 3 N–H and O–H groups in total. The zero-order chi connectivity index (χ0) is 27.5. The van der Waals surface area contributed by atoms with Crippen LogP contribution < -0.4 is 16.0 Å². The van der Waals surface area contributed by atoms with Crippen molar-refractivity contribution in [3.63, 3.8) is 0 Å². The number of amides is 3. The van der Waals surface area contributed by atoms with Crippen molar-refractivity contribution < 1.29 is 18.6 Å². The molecule has 206 valence electrons. The summed E-state index contributed by atoms with van der Waals surface area (Å²) < 4.78 is 5.36. The van der Waals surface area contributed by atoms with E-state index in [0.717, 1.165) is 16.8 Å². The molecule has 0 radical (unpaired) electrons. The van der Waals surface area contributed by atoms with Crippen LogP contribution in [-0.2, 0) is 4.74 Å². The normalized spacial score (nSPS) is 10.8. The minimum absolute atomic E-state index is 0. The minimum Gasteiger partial charge on any atom is -0.444 e. The van der Waals surface area contributed by atoms with Crippen LogP contribution in [0.4, 0.5) is 27.0 Å². The van der Waals surface area contributed by atoms with Crippen molar-refractivity contribution in [3.05, 3.63) is 41.1 Å². The molecule has 0 unspecified atom stereocenters. The van der Waals surface area contributed by atoms with Crippen LogP contribution in [0.2, 0.25) is 0 Å². The third-order valence-corrected chi connectivity index (χ3v) is 5.01. The average Bonchev–Trinajstić information content (AvgIpc) is 2.79. The molecule has 0 spiro atoms. The monoisotopic (exact) mass is 506 g/mol. The molecule has 2 aromatic rings. The number of anilines is 3. The third kappa shape index (κ3) is 10.9. The molecule has 1 aromatic carbocycles. The summed E-state index contributed by atoms with van der Waals surface area (Å²) in [6, 6.07) is 7.20. The second-order valence-corrected chi connectivity index (χ2v) is 9.72. The van der Waals surface area contributed by atoms with Gasteiger partial charge >= 0.3 is 12.1 Å². The Balaban J connectivity index is -0.00000253. The quantitative estimate of drug-likeness (QED) is 0.324. The Labute approximate surface area is 220 Å². The molecule has 0 aliphatic heterocycles. The Morgan fingerprint density at radius 3 is 2.31 bits per heavy atom. The van der Waals surface area contributed by atoms with E-state index in [2.05, 4.69) is 25.9 Å². The summed E-state index contributed by atoms with van der Waals surface area (Å²) in [7, 11) is 1.71. The minimum atomic E-state index is -0.522. The number of nitrogens with zero attached hydrogens (tertiary/aromatic N) is 3. The number of carbonyl (C=O) groups excluding carboxylic acids is 2. The third-order valence-electron chi connectivity index (χ3n) is 5.01. The van der Waals surface area contributed by atoms with Crippen molar-refractivity contribution >= 4 is 29.6 Å². The molecular weight excluding hydrogens is 456 g/mol. The van der Waals surface area contributed by atoms with Crippen LogP contribution in [0.1, 0.15) is 81.9 Å². The SMILES string of the molecule is CC.Cc1ccc(NC(=O)Nc2nc(NCCCN(C)C(=O)OC(C)(C)C)cc(C(C)C)n2)cc1C.[HH].[HH].[HH]. The molecule has 0 saturated heterocycles. The fourth-order valence-electron chi connectivity index (χ4n) is 2.96. The van der Waals surface area contributed by atoms with Gasteiger partial charge in [0.05, 0.1) is 5.69 Å². The van der Waals surface area contributed by atoms with E-state index in [0.29, 0.717) is 31.0 Å². The highest BCUT2D eigenvalue weighted by atomic mass is 16.6. The van der Waals surface area contributed by atoms with Gasteiger partial charge in [0, 0.05) is 36.2 Å². The van der Waals surface area contributed by atoms with Crippen molar-refractivity contribution in [2.24, 2.45) is 0 Å². The number of nitrogens with one attached hydrogen (secondary N) is 3. The van der Waals surface area contributed by atoms with E-state index in [1.165, 1.54) is 0 Å². The van der Waals surface area contributed by atoms with Crippen LogP contribution >= 0.6 is 0 Å². The molecule has 0 bridgehead atoms.